The number of aryl methyl sites for hydroxylation is 1. The van der Waals surface area contributed by atoms with E-state index in [2.05, 4.69) is 15.0 Å². The molecule has 0 aliphatic carbocycles. The average molecular weight is 394 g/mol. The highest BCUT2D eigenvalue weighted by Crippen LogP contribution is 2.29. The molecule has 1 fully saturated rings. The first-order valence-electron chi connectivity index (χ1n) is 8.92. The van der Waals surface area contributed by atoms with E-state index in [1.807, 2.05) is 16.7 Å². The maximum absolute atomic E-state index is 14.5. The van der Waals surface area contributed by atoms with Gasteiger partial charge in [-0.25, -0.2) is 19.3 Å². The van der Waals surface area contributed by atoms with Crippen LogP contribution in [0, 0.1) is 5.82 Å². The summed E-state index contributed by atoms with van der Waals surface area (Å²) < 4.78 is 54.4. The van der Waals surface area contributed by atoms with Gasteiger partial charge in [0.1, 0.15) is 12.0 Å². The highest BCUT2D eigenvalue weighted by atomic mass is 19.4. The summed E-state index contributed by atoms with van der Waals surface area (Å²) in [6.07, 6.45) is 0.00304. The third-order valence-electron chi connectivity index (χ3n) is 4.85. The van der Waals surface area contributed by atoms with E-state index in [0.29, 0.717) is 44.1 Å². The van der Waals surface area contributed by atoms with Crippen molar-refractivity contribution < 1.29 is 17.6 Å². The van der Waals surface area contributed by atoms with E-state index in [9.17, 15) is 17.6 Å². The SMILES string of the molecule is CCc1ncnc(N2CCN(c3ccc4nc(C(F)(F)F)cn4c3)CC2)c1F. The van der Waals surface area contributed by atoms with Gasteiger partial charge in [0.25, 0.3) is 0 Å². The smallest absolute Gasteiger partial charge is 0.367 e. The molecule has 0 amide bonds. The number of pyridine rings is 1. The van der Waals surface area contributed by atoms with Gasteiger partial charge in [0.2, 0.25) is 0 Å². The molecule has 3 aromatic rings. The van der Waals surface area contributed by atoms with Crippen LogP contribution in [0.2, 0.25) is 0 Å². The van der Waals surface area contributed by atoms with Crippen LogP contribution in [0.3, 0.4) is 0 Å². The van der Waals surface area contributed by atoms with E-state index in [1.54, 1.807) is 18.3 Å². The molecule has 0 bridgehead atoms. The maximum atomic E-state index is 14.5. The first kappa shape index (κ1) is 18.5. The summed E-state index contributed by atoms with van der Waals surface area (Å²) in [4.78, 5) is 15.5. The summed E-state index contributed by atoms with van der Waals surface area (Å²) in [5.74, 6) is -0.0932. The zero-order valence-electron chi connectivity index (χ0n) is 15.1. The second-order valence-corrected chi connectivity index (χ2v) is 6.56. The molecule has 0 N–H and O–H groups in total. The summed E-state index contributed by atoms with van der Waals surface area (Å²) in [6.45, 7) is 4.12. The van der Waals surface area contributed by atoms with Crippen molar-refractivity contribution in [3.8, 4) is 0 Å². The van der Waals surface area contributed by atoms with Crippen molar-refractivity contribution in [3.05, 3.63) is 48.1 Å². The van der Waals surface area contributed by atoms with Crippen molar-refractivity contribution in [2.75, 3.05) is 36.0 Å². The van der Waals surface area contributed by atoms with E-state index in [4.69, 9.17) is 0 Å². The molecule has 0 unspecified atom stereocenters. The van der Waals surface area contributed by atoms with Crippen molar-refractivity contribution in [1.29, 1.82) is 0 Å². The number of anilines is 2. The Morgan fingerprint density at radius 3 is 2.39 bits per heavy atom. The normalized spacial score (nSPS) is 15.5. The van der Waals surface area contributed by atoms with E-state index in [1.165, 1.54) is 10.7 Å². The second-order valence-electron chi connectivity index (χ2n) is 6.56. The zero-order valence-corrected chi connectivity index (χ0v) is 15.1. The van der Waals surface area contributed by atoms with Gasteiger partial charge >= 0.3 is 6.18 Å². The van der Waals surface area contributed by atoms with Crippen LogP contribution in [0.25, 0.3) is 5.65 Å². The number of imidazole rings is 1. The van der Waals surface area contributed by atoms with Crippen molar-refractivity contribution in [3.63, 3.8) is 0 Å². The molecule has 0 saturated carbocycles. The van der Waals surface area contributed by atoms with Gasteiger partial charge in [-0.2, -0.15) is 13.2 Å². The number of nitrogens with zero attached hydrogens (tertiary/aromatic N) is 6. The van der Waals surface area contributed by atoms with Crippen LogP contribution in [0.4, 0.5) is 29.1 Å². The van der Waals surface area contributed by atoms with Crippen LogP contribution < -0.4 is 9.80 Å². The minimum atomic E-state index is -4.48. The van der Waals surface area contributed by atoms with Gasteiger partial charge in [-0.1, -0.05) is 6.92 Å². The molecule has 10 heteroatoms. The van der Waals surface area contributed by atoms with Gasteiger partial charge in [0, 0.05) is 38.6 Å². The topological polar surface area (TPSA) is 49.6 Å². The number of hydrogen-bond donors (Lipinski definition) is 0. The van der Waals surface area contributed by atoms with Gasteiger partial charge in [-0.3, -0.25) is 0 Å². The molecule has 3 aromatic heterocycles. The average Bonchev–Trinajstić information content (AvgIpc) is 3.12. The lowest BCUT2D eigenvalue weighted by Gasteiger charge is -2.36. The van der Waals surface area contributed by atoms with Crippen molar-refractivity contribution in [2.45, 2.75) is 19.5 Å². The Morgan fingerprint density at radius 1 is 1.00 bits per heavy atom. The Kier molecular flexibility index (Phi) is 4.56. The van der Waals surface area contributed by atoms with Gasteiger partial charge < -0.3 is 14.2 Å². The van der Waals surface area contributed by atoms with Gasteiger partial charge in [0.15, 0.2) is 17.3 Å². The van der Waals surface area contributed by atoms with Crippen LogP contribution >= 0.6 is 0 Å². The van der Waals surface area contributed by atoms with Crippen LogP contribution in [0.1, 0.15) is 18.3 Å². The maximum Gasteiger partial charge on any atom is 0.434 e. The summed E-state index contributed by atoms with van der Waals surface area (Å²) in [6, 6.07) is 3.31. The molecular formula is C18H18F4N6. The number of aromatic nitrogens is 4. The third-order valence-corrected chi connectivity index (χ3v) is 4.85. The molecule has 0 aromatic carbocycles. The molecule has 1 aliphatic rings. The predicted octanol–water partition coefficient (Wildman–Crippen LogP) is 3.17. The van der Waals surface area contributed by atoms with Crippen molar-refractivity contribution >= 4 is 17.2 Å². The lowest BCUT2D eigenvalue weighted by Crippen LogP contribution is -2.47. The highest BCUT2D eigenvalue weighted by molar-refractivity contribution is 5.54. The number of piperazine rings is 1. The lowest BCUT2D eigenvalue weighted by molar-refractivity contribution is -0.140. The molecule has 0 spiro atoms. The van der Waals surface area contributed by atoms with E-state index < -0.39 is 17.7 Å². The van der Waals surface area contributed by atoms with Crippen LogP contribution in [-0.4, -0.2) is 45.5 Å². The van der Waals surface area contributed by atoms with E-state index in [-0.39, 0.29) is 5.65 Å². The number of halogens is 4. The molecule has 148 valence electrons. The Hall–Kier alpha value is -2.91. The first-order chi connectivity index (χ1) is 13.4. The quantitative estimate of drug-likeness (QED) is 0.639. The summed E-state index contributed by atoms with van der Waals surface area (Å²) in [5, 5.41) is 0. The van der Waals surface area contributed by atoms with Gasteiger partial charge in [0.05, 0.1) is 11.4 Å². The number of rotatable bonds is 3. The Balaban J connectivity index is 1.51. The Labute approximate surface area is 158 Å². The molecule has 0 radical (unpaired) electrons. The summed E-state index contributed by atoms with van der Waals surface area (Å²) in [5.41, 5.74) is 0.499. The van der Waals surface area contributed by atoms with Crippen molar-refractivity contribution in [1.82, 2.24) is 19.4 Å². The second kappa shape index (κ2) is 6.92. The molecule has 0 atom stereocenters. The Morgan fingerprint density at radius 2 is 1.71 bits per heavy atom. The zero-order chi connectivity index (χ0) is 19.9. The predicted molar refractivity (Wildman–Crippen MR) is 96.0 cm³/mol. The fourth-order valence-electron chi connectivity index (χ4n) is 3.34. The number of alkyl halides is 3. The molecule has 28 heavy (non-hydrogen) atoms. The lowest BCUT2D eigenvalue weighted by atomic mass is 10.2. The summed E-state index contributed by atoms with van der Waals surface area (Å²) >= 11 is 0. The van der Waals surface area contributed by atoms with Gasteiger partial charge in [-0.05, 0) is 18.6 Å². The molecule has 4 rings (SSSR count). The minimum Gasteiger partial charge on any atom is -0.367 e. The standard InChI is InChI=1S/C18H18F4N6/c1-2-13-16(19)17(24-11-23-13)27-7-5-26(6-8-27)12-3-4-15-25-14(18(20,21)22)10-28(15)9-12/h3-4,9-11H,2,5-8H2,1H3. The largest absolute Gasteiger partial charge is 0.434 e. The molecule has 1 aliphatic heterocycles. The minimum absolute atomic E-state index is 0.241. The molecular weight excluding hydrogens is 376 g/mol. The Bertz CT molecular complexity index is 991. The molecule has 4 heterocycles. The number of hydrogen-bond acceptors (Lipinski definition) is 5. The monoisotopic (exact) mass is 394 g/mol. The van der Waals surface area contributed by atoms with E-state index >= 15 is 0 Å². The van der Waals surface area contributed by atoms with Crippen LogP contribution in [-0.2, 0) is 12.6 Å². The van der Waals surface area contributed by atoms with Crippen molar-refractivity contribution in [2.24, 2.45) is 0 Å². The fraction of sp³-hybridized carbons (Fsp3) is 0.389. The van der Waals surface area contributed by atoms with Crippen LogP contribution in [0.15, 0.2) is 30.9 Å². The first-order valence-corrected chi connectivity index (χ1v) is 8.92. The molecule has 1 saturated heterocycles. The highest BCUT2D eigenvalue weighted by Gasteiger charge is 2.34. The summed E-state index contributed by atoms with van der Waals surface area (Å²) in [7, 11) is 0. The number of fused-ring (bicyclic) bond motifs is 1. The third kappa shape index (κ3) is 3.34. The molecule has 6 nitrogen and oxygen atoms in total. The van der Waals surface area contributed by atoms with E-state index in [0.717, 1.165) is 11.9 Å². The fourth-order valence-corrected chi connectivity index (χ4v) is 3.34. The van der Waals surface area contributed by atoms with Gasteiger partial charge in [-0.15, -0.1) is 0 Å². The van der Waals surface area contributed by atoms with Crippen LogP contribution in [0.5, 0.6) is 0 Å².